The number of benzene rings is 2. The molecule has 1 heterocycles. The fraction of sp³-hybridized carbons (Fsp3) is 0.318. The molecule has 1 aliphatic rings. The van der Waals surface area contributed by atoms with Crippen molar-refractivity contribution in [3.8, 4) is 5.75 Å². The molecule has 160 valence electrons. The van der Waals surface area contributed by atoms with Crippen molar-refractivity contribution in [3.63, 3.8) is 0 Å². The summed E-state index contributed by atoms with van der Waals surface area (Å²) in [5, 5.41) is 1.22. The highest BCUT2D eigenvalue weighted by Crippen LogP contribution is 2.17. The summed E-state index contributed by atoms with van der Waals surface area (Å²) in [4.78, 5) is 14.5. The maximum atomic E-state index is 12.8. The van der Waals surface area contributed by atoms with Crippen molar-refractivity contribution in [2.24, 2.45) is 0 Å². The van der Waals surface area contributed by atoms with Gasteiger partial charge in [0.2, 0.25) is 10.0 Å². The second-order valence-corrected chi connectivity index (χ2v) is 8.64. The van der Waals surface area contributed by atoms with E-state index < -0.39 is 10.0 Å². The van der Waals surface area contributed by atoms with Gasteiger partial charge in [-0.15, -0.1) is 0 Å². The molecule has 1 amide bonds. The maximum Gasteiger partial charge on any atom is 0.254 e. The molecule has 0 saturated carbocycles. The van der Waals surface area contributed by atoms with E-state index >= 15 is 0 Å². The quantitative estimate of drug-likeness (QED) is 0.602. The molecule has 0 radical (unpaired) electrons. The zero-order chi connectivity index (χ0) is 21.4. The van der Waals surface area contributed by atoms with Gasteiger partial charge >= 0.3 is 0 Å². The average Bonchev–Trinajstić information content (AvgIpc) is 2.78. The van der Waals surface area contributed by atoms with E-state index in [1.807, 2.05) is 30.3 Å². The van der Waals surface area contributed by atoms with Gasteiger partial charge < -0.3 is 14.4 Å². The van der Waals surface area contributed by atoms with E-state index in [-0.39, 0.29) is 19.0 Å². The molecule has 0 N–H and O–H groups in total. The Bertz CT molecular complexity index is 968. The lowest BCUT2D eigenvalue weighted by Crippen LogP contribution is -2.50. The van der Waals surface area contributed by atoms with Gasteiger partial charge in [0, 0.05) is 44.3 Å². The highest BCUT2D eigenvalue weighted by Gasteiger charge is 2.28. The summed E-state index contributed by atoms with van der Waals surface area (Å²) in [6, 6.07) is 16.3. The van der Waals surface area contributed by atoms with Crippen LogP contribution >= 0.6 is 0 Å². The molecule has 0 unspecified atom stereocenters. The van der Waals surface area contributed by atoms with Crippen molar-refractivity contribution in [2.45, 2.75) is 0 Å². The van der Waals surface area contributed by atoms with E-state index in [1.54, 1.807) is 42.4 Å². The van der Waals surface area contributed by atoms with Crippen LogP contribution in [0.15, 0.2) is 60.0 Å². The Balaban J connectivity index is 1.58. The predicted octanol–water partition coefficient (Wildman–Crippen LogP) is 2.47. The van der Waals surface area contributed by atoms with Crippen molar-refractivity contribution < 1.29 is 22.7 Å². The number of hydrogen-bond donors (Lipinski definition) is 0. The third-order valence-electron chi connectivity index (χ3n) is 4.75. The molecule has 30 heavy (non-hydrogen) atoms. The molecule has 0 aromatic heterocycles. The maximum absolute atomic E-state index is 12.8. The van der Waals surface area contributed by atoms with Crippen molar-refractivity contribution >= 4 is 22.0 Å². The van der Waals surface area contributed by atoms with Crippen molar-refractivity contribution in [2.75, 3.05) is 46.5 Å². The zero-order valence-electron chi connectivity index (χ0n) is 16.9. The highest BCUT2D eigenvalue weighted by molar-refractivity contribution is 7.92. The summed E-state index contributed by atoms with van der Waals surface area (Å²) in [5.41, 5.74) is 1.34. The van der Waals surface area contributed by atoms with Crippen LogP contribution in [-0.2, 0) is 14.8 Å². The number of rotatable bonds is 8. The van der Waals surface area contributed by atoms with E-state index in [0.717, 1.165) is 5.56 Å². The number of piperazine rings is 1. The molecule has 2 aromatic rings. The number of ether oxygens (including phenoxy) is 2. The lowest BCUT2D eigenvalue weighted by Gasteiger charge is -2.33. The van der Waals surface area contributed by atoms with Crippen LogP contribution in [-0.4, -0.2) is 70.0 Å². The monoisotopic (exact) mass is 430 g/mol. The minimum absolute atomic E-state index is 0.135. The molecule has 1 aliphatic heterocycles. The fourth-order valence-electron chi connectivity index (χ4n) is 3.10. The largest absolute Gasteiger partial charge is 0.491 e. The lowest BCUT2D eigenvalue weighted by molar-refractivity contribution is 0.0698. The molecule has 3 rings (SSSR count). The minimum Gasteiger partial charge on any atom is -0.491 e. The lowest BCUT2D eigenvalue weighted by atomic mass is 10.1. The van der Waals surface area contributed by atoms with E-state index in [0.29, 0.717) is 37.6 Å². The van der Waals surface area contributed by atoms with Crippen LogP contribution in [0.1, 0.15) is 15.9 Å². The van der Waals surface area contributed by atoms with Gasteiger partial charge in [-0.25, -0.2) is 8.42 Å². The number of sulfonamides is 1. The standard InChI is InChI=1S/C22H26N2O5S/c1-28-15-16-29-21-9-5-8-20(18-21)22(25)23-11-13-24(14-12-23)30(26,27)17-10-19-6-3-2-4-7-19/h2-10,17-18H,11-16H2,1H3/b17-10+. The number of carbonyl (C=O) groups excluding carboxylic acids is 1. The van der Waals surface area contributed by atoms with E-state index in [9.17, 15) is 13.2 Å². The van der Waals surface area contributed by atoms with Crippen molar-refractivity contribution in [1.82, 2.24) is 9.21 Å². The van der Waals surface area contributed by atoms with Gasteiger partial charge in [0.15, 0.2) is 0 Å². The van der Waals surface area contributed by atoms with Gasteiger partial charge in [0.05, 0.1) is 6.61 Å². The molecule has 0 atom stereocenters. The summed E-state index contributed by atoms with van der Waals surface area (Å²) in [6.07, 6.45) is 1.59. The van der Waals surface area contributed by atoms with E-state index in [2.05, 4.69) is 0 Å². The Hall–Kier alpha value is -2.68. The molecule has 1 saturated heterocycles. The molecule has 0 spiro atoms. The van der Waals surface area contributed by atoms with Crippen LogP contribution in [0.2, 0.25) is 0 Å². The van der Waals surface area contributed by atoms with Crippen LogP contribution in [0.5, 0.6) is 5.75 Å². The normalized spacial score (nSPS) is 15.4. The molecule has 7 nitrogen and oxygen atoms in total. The molecule has 2 aromatic carbocycles. The first-order valence-electron chi connectivity index (χ1n) is 9.74. The molecular formula is C22H26N2O5S. The Kier molecular flexibility index (Phi) is 7.62. The fourth-order valence-corrected chi connectivity index (χ4v) is 4.28. The van der Waals surface area contributed by atoms with Gasteiger partial charge in [0.25, 0.3) is 5.91 Å². The summed E-state index contributed by atoms with van der Waals surface area (Å²) in [7, 11) is -1.93. The predicted molar refractivity (Wildman–Crippen MR) is 116 cm³/mol. The topological polar surface area (TPSA) is 76.2 Å². The second kappa shape index (κ2) is 10.4. The number of methoxy groups -OCH3 is 1. The Morgan fingerprint density at radius 1 is 1.00 bits per heavy atom. The van der Waals surface area contributed by atoms with Crippen LogP contribution < -0.4 is 4.74 Å². The van der Waals surface area contributed by atoms with Crippen molar-refractivity contribution in [3.05, 3.63) is 71.1 Å². The van der Waals surface area contributed by atoms with E-state index in [4.69, 9.17) is 9.47 Å². The minimum atomic E-state index is -3.53. The second-order valence-electron chi connectivity index (χ2n) is 6.82. The smallest absolute Gasteiger partial charge is 0.254 e. The average molecular weight is 431 g/mol. The van der Waals surface area contributed by atoms with Crippen molar-refractivity contribution in [1.29, 1.82) is 0 Å². The van der Waals surface area contributed by atoms with E-state index in [1.165, 1.54) is 9.71 Å². The number of amides is 1. The zero-order valence-corrected chi connectivity index (χ0v) is 17.8. The first-order valence-corrected chi connectivity index (χ1v) is 11.2. The number of carbonyl (C=O) groups is 1. The third kappa shape index (κ3) is 5.91. The summed E-state index contributed by atoms with van der Waals surface area (Å²) in [6.45, 7) is 2.07. The first kappa shape index (κ1) is 22.0. The molecule has 1 fully saturated rings. The van der Waals surface area contributed by atoms with Gasteiger partial charge in [-0.3, -0.25) is 4.79 Å². The Morgan fingerprint density at radius 2 is 1.73 bits per heavy atom. The Morgan fingerprint density at radius 3 is 2.43 bits per heavy atom. The Labute approximate surface area is 177 Å². The summed E-state index contributed by atoms with van der Waals surface area (Å²) < 4.78 is 37.1. The molecule has 0 aliphatic carbocycles. The summed E-state index contributed by atoms with van der Waals surface area (Å²) >= 11 is 0. The molecule has 8 heteroatoms. The van der Waals surface area contributed by atoms with Gasteiger partial charge in [-0.2, -0.15) is 4.31 Å². The number of hydrogen-bond acceptors (Lipinski definition) is 5. The van der Waals surface area contributed by atoms with Gasteiger partial charge in [-0.1, -0.05) is 36.4 Å². The SMILES string of the molecule is COCCOc1cccc(C(=O)N2CCN(S(=O)(=O)/C=C/c3ccccc3)CC2)c1. The first-order chi connectivity index (χ1) is 14.5. The van der Waals surface area contributed by atoms with Crippen LogP contribution in [0.25, 0.3) is 6.08 Å². The third-order valence-corrected chi connectivity index (χ3v) is 6.32. The molecule has 0 bridgehead atoms. The van der Waals surface area contributed by atoms with Gasteiger partial charge in [0.1, 0.15) is 12.4 Å². The van der Waals surface area contributed by atoms with Crippen LogP contribution in [0.4, 0.5) is 0 Å². The van der Waals surface area contributed by atoms with Gasteiger partial charge in [-0.05, 0) is 29.8 Å². The summed E-state index contributed by atoms with van der Waals surface area (Å²) in [5.74, 6) is 0.467. The number of nitrogens with zero attached hydrogens (tertiary/aromatic N) is 2. The van der Waals surface area contributed by atoms with Crippen LogP contribution in [0, 0.1) is 0 Å². The van der Waals surface area contributed by atoms with Crippen LogP contribution in [0.3, 0.4) is 0 Å². The highest BCUT2D eigenvalue weighted by atomic mass is 32.2. The molecular weight excluding hydrogens is 404 g/mol.